The molecule has 1 unspecified atom stereocenters. The van der Waals surface area contributed by atoms with Crippen molar-refractivity contribution in [3.8, 4) is 0 Å². The summed E-state index contributed by atoms with van der Waals surface area (Å²) in [5.74, 6) is -0.359. The van der Waals surface area contributed by atoms with Crippen molar-refractivity contribution >= 4 is 16.8 Å². The van der Waals surface area contributed by atoms with E-state index in [1.807, 2.05) is 0 Å². The third kappa shape index (κ3) is 4.81. The Morgan fingerprint density at radius 3 is 2.36 bits per heavy atom. The van der Waals surface area contributed by atoms with Gasteiger partial charge in [0.1, 0.15) is 6.54 Å². The van der Waals surface area contributed by atoms with E-state index in [1.165, 1.54) is 36.7 Å². The van der Waals surface area contributed by atoms with Gasteiger partial charge in [-0.05, 0) is 37.0 Å². The van der Waals surface area contributed by atoms with Gasteiger partial charge in [-0.1, -0.05) is 24.3 Å². The van der Waals surface area contributed by atoms with Gasteiger partial charge >= 0.3 is 12.4 Å². The summed E-state index contributed by atoms with van der Waals surface area (Å²) in [5.41, 5.74) is -0.324. The van der Waals surface area contributed by atoms with E-state index < -0.39 is 30.4 Å². The molecular weight excluding hydrogens is 450 g/mol. The third-order valence-corrected chi connectivity index (χ3v) is 5.86. The number of pyridine rings is 1. The predicted octanol–water partition coefficient (Wildman–Crippen LogP) is 5.01. The van der Waals surface area contributed by atoms with E-state index in [0.717, 1.165) is 4.68 Å². The summed E-state index contributed by atoms with van der Waals surface area (Å²) in [6.07, 6.45) is -6.02. The quantitative estimate of drug-likeness (QED) is 0.516. The number of nitrogens with zero attached hydrogens (tertiary/aromatic N) is 3. The van der Waals surface area contributed by atoms with Crippen molar-refractivity contribution in [3.63, 3.8) is 0 Å². The maximum Gasteiger partial charge on any atom is 0.408 e. The van der Waals surface area contributed by atoms with Crippen molar-refractivity contribution in [2.45, 2.75) is 56.5 Å². The van der Waals surface area contributed by atoms with Crippen LogP contribution in [-0.4, -0.2) is 33.0 Å². The Labute approximate surface area is 184 Å². The van der Waals surface area contributed by atoms with Gasteiger partial charge in [0.2, 0.25) is 5.91 Å². The maximum atomic E-state index is 13.2. The van der Waals surface area contributed by atoms with Gasteiger partial charge in [0.25, 0.3) is 0 Å². The molecule has 1 aliphatic carbocycles. The number of alkyl halides is 6. The van der Waals surface area contributed by atoms with Gasteiger partial charge in [-0.3, -0.25) is 14.5 Å². The van der Waals surface area contributed by atoms with Gasteiger partial charge in [-0.2, -0.15) is 31.4 Å². The molecule has 0 aliphatic heterocycles. The first-order chi connectivity index (χ1) is 15.4. The lowest BCUT2D eigenvalue weighted by Gasteiger charge is -2.20. The monoisotopic (exact) mass is 470 g/mol. The average Bonchev–Trinajstić information content (AvgIpc) is 3.45. The molecule has 1 aromatic carbocycles. The van der Waals surface area contributed by atoms with Crippen LogP contribution in [0.4, 0.5) is 26.3 Å². The molecule has 11 heteroatoms. The highest BCUT2D eigenvalue weighted by atomic mass is 19.4. The fourth-order valence-electron chi connectivity index (χ4n) is 3.88. The summed E-state index contributed by atoms with van der Waals surface area (Å²) < 4.78 is 78.4. The topological polar surface area (TPSA) is 59.8 Å². The lowest BCUT2D eigenvalue weighted by molar-refractivity contribution is -0.160. The molecule has 3 aromatic rings. The van der Waals surface area contributed by atoms with Gasteiger partial charge < -0.3 is 5.32 Å². The molecule has 2 aromatic heterocycles. The van der Waals surface area contributed by atoms with E-state index in [4.69, 9.17) is 0 Å². The molecule has 176 valence electrons. The molecule has 2 heterocycles. The van der Waals surface area contributed by atoms with E-state index >= 15 is 0 Å². The van der Waals surface area contributed by atoms with Crippen LogP contribution in [-0.2, 0) is 23.2 Å². The molecule has 1 aliphatic rings. The van der Waals surface area contributed by atoms with Crippen LogP contribution in [0.1, 0.15) is 42.6 Å². The molecule has 1 fully saturated rings. The number of amides is 1. The van der Waals surface area contributed by atoms with E-state index in [2.05, 4.69) is 15.4 Å². The van der Waals surface area contributed by atoms with Gasteiger partial charge in [-0.15, -0.1) is 0 Å². The highest BCUT2D eigenvalue weighted by Crippen LogP contribution is 2.58. The first-order valence-electron chi connectivity index (χ1n) is 10.2. The Hall–Kier alpha value is -3.11. The minimum absolute atomic E-state index is 0.0323. The van der Waals surface area contributed by atoms with Crippen LogP contribution < -0.4 is 5.32 Å². The molecule has 1 atom stereocenters. The predicted molar refractivity (Wildman–Crippen MR) is 107 cm³/mol. The highest BCUT2D eigenvalue weighted by Gasteiger charge is 2.64. The van der Waals surface area contributed by atoms with Crippen molar-refractivity contribution in [1.82, 2.24) is 20.1 Å². The zero-order chi connectivity index (χ0) is 24.0. The van der Waals surface area contributed by atoms with Crippen LogP contribution in [0.2, 0.25) is 0 Å². The number of fused-ring (bicyclic) bond motifs is 1. The van der Waals surface area contributed by atoms with Gasteiger partial charge in [0.15, 0.2) is 0 Å². The van der Waals surface area contributed by atoms with Crippen molar-refractivity contribution in [3.05, 3.63) is 59.5 Å². The minimum Gasteiger partial charge on any atom is -0.348 e. The molecule has 33 heavy (non-hydrogen) atoms. The Balaban J connectivity index is 1.39. The molecule has 1 amide bonds. The van der Waals surface area contributed by atoms with E-state index in [0.29, 0.717) is 16.6 Å². The number of hydrogen-bond acceptors (Lipinski definition) is 3. The number of carbonyl (C=O) groups is 1. The lowest BCUT2D eigenvalue weighted by Crippen LogP contribution is -2.29. The molecule has 1 saturated carbocycles. The molecular formula is C22H20F6N4O. The Bertz CT molecular complexity index is 1160. The Kier molecular flexibility index (Phi) is 5.61. The molecule has 5 nitrogen and oxygen atoms in total. The Morgan fingerprint density at radius 1 is 1.12 bits per heavy atom. The smallest absolute Gasteiger partial charge is 0.348 e. The summed E-state index contributed by atoms with van der Waals surface area (Å²) in [4.78, 5) is 16.6. The number of benzene rings is 1. The van der Waals surface area contributed by atoms with Crippen LogP contribution >= 0.6 is 0 Å². The Morgan fingerprint density at radius 2 is 1.79 bits per heavy atom. The van der Waals surface area contributed by atoms with Gasteiger partial charge in [0, 0.05) is 5.39 Å². The first kappa shape index (κ1) is 23.1. The second-order valence-electron chi connectivity index (χ2n) is 8.33. The summed E-state index contributed by atoms with van der Waals surface area (Å²) in [6, 6.07) is 6.89. The molecule has 1 N–H and O–H groups in total. The zero-order valence-electron chi connectivity index (χ0n) is 17.5. The van der Waals surface area contributed by atoms with Crippen molar-refractivity contribution in [2.75, 3.05) is 0 Å². The summed E-state index contributed by atoms with van der Waals surface area (Å²) in [6.45, 7) is 0.447. The summed E-state index contributed by atoms with van der Waals surface area (Å²) >= 11 is 0. The molecule has 0 saturated heterocycles. The van der Waals surface area contributed by atoms with Crippen LogP contribution in [0.3, 0.4) is 0 Å². The number of aromatic nitrogens is 3. The SMILES string of the molecule is CC(NC(=O)Cc1ccc(C2(C(F)(F)F)CC2)cc1)c1cc2cnn(CC(F)(F)F)c2cn1. The third-order valence-electron chi connectivity index (χ3n) is 5.86. The van der Waals surface area contributed by atoms with Gasteiger partial charge in [0.05, 0.1) is 41.5 Å². The van der Waals surface area contributed by atoms with Crippen LogP contribution in [0.5, 0.6) is 0 Å². The number of rotatable bonds is 6. The fourth-order valence-corrected chi connectivity index (χ4v) is 3.88. The summed E-state index contributed by atoms with van der Waals surface area (Å²) in [7, 11) is 0. The molecule has 0 bridgehead atoms. The van der Waals surface area contributed by atoms with Crippen molar-refractivity contribution < 1.29 is 31.1 Å². The number of nitrogens with one attached hydrogen (secondary N) is 1. The maximum absolute atomic E-state index is 13.2. The van der Waals surface area contributed by atoms with E-state index in [-0.39, 0.29) is 36.2 Å². The first-order valence-corrected chi connectivity index (χ1v) is 10.2. The standard InChI is InChI=1S/C22H20F6N4O/c1-13(17-9-15-10-30-32(12-21(23,24)25)18(15)11-29-17)31-19(33)8-14-2-4-16(5-3-14)20(6-7-20)22(26,27)28/h2-5,9-11,13H,6-8,12H2,1H3,(H,31,33). The largest absolute Gasteiger partial charge is 0.408 e. The van der Waals surface area contributed by atoms with Crippen LogP contribution in [0.15, 0.2) is 42.7 Å². The fraction of sp³-hybridized carbons (Fsp3) is 0.409. The number of hydrogen-bond donors (Lipinski definition) is 1. The minimum atomic E-state index is -4.41. The molecule has 0 radical (unpaired) electrons. The molecule has 4 rings (SSSR count). The second-order valence-corrected chi connectivity index (χ2v) is 8.33. The highest BCUT2D eigenvalue weighted by molar-refractivity contribution is 5.80. The van der Waals surface area contributed by atoms with Crippen LogP contribution in [0.25, 0.3) is 10.9 Å². The normalized spacial score (nSPS) is 16.6. The number of carbonyl (C=O) groups excluding carboxylic acids is 1. The average molecular weight is 470 g/mol. The zero-order valence-corrected chi connectivity index (χ0v) is 17.5. The van der Waals surface area contributed by atoms with Crippen molar-refractivity contribution in [1.29, 1.82) is 0 Å². The second kappa shape index (κ2) is 8.03. The van der Waals surface area contributed by atoms with E-state index in [9.17, 15) is 31.1 Å². The lowest BCUT2D eigenvalue weighted by atomic mass is 9.94. The molecule has 0 spiro atoms. The number of halogens is 6. The van der Waals surface area contributed by atoms with Gasteiger partial charge in [-0.25, -0.2) is 0 Å². The van der Waals surface area contributed by atoms with Crippen molar-refractivity contribution in [2.24, 2.45) is 0 Å². The summed E-state index contributed by atoms with van der Waals surface area (Å²) in [5, 5.41) is 6.95. The van der Waals surface area contributed by atoms with Crippen LogP contribution in [0, 0.1) is 0 Å². The van der Waals surface area contributed by atoms with E-state index in [1.54, 1.807) is 13.0 Å².